The molecule has 1 N–H and O–H groups in total. The number of tetrazole rings is 1. The molecule has 2 atom stereocenters. The first-order valence-electron chi connectivity index (χ1n) is 10.4. The topological polar surface area (TPSA) is 85.2 Å². The van der Waals surface area contributed by atoms with Crippen LogP contribution in [0, 0.1) is 0 Å². The van der Waals surface area contributed by atoms with Crippen molar-refractivity contribution in [1.29, 1.82) is 0 Å². The first-order chi connectivity index (χ1) is 15.8. The van der Waals surface area contributed by atoms with Crippen LogP contribution < -0.4 is 10.1 Å². The van der Waals surface area contributed by atoms with E-state index in [0.717, 1.165) is 17.7 Å². The van der Waals surface area contributed by atoms with Crippen LogP contribution in [-0.4, -0.2) is 50.7 Å². The summed E-state index contributed by atoms with van der Waals surface area (Å²) in [6.07, 6.45) is -2.45. The molecule has 174 valence electrons. The van der Waals surface area contributed by atoms with Crippen LogP contribution in [-0.2, 0) is 24.1 Å². The summed E-state index contributed by atoms with van der Waals surface area (Å²) < 4.78 is 45.9. The van der Waals surface area contributed by atoms with Gasteiger partial charge in [-0.25, -0.2) is 4.68 Å². The number of hydrogen-bond acceptors (Lipinski definition) is 6. The molecule has 8 nitrogen and oxygen atoms in total. The number of hydrogen-bond donors (Lipinski definition) is 1. The molecule has 1 amide bonds. The molecule has 0 aliphatic carbocycles. The van der Waals surface area contributed by atoms with E-state index < -0.39 is 17.8 Å². The van der Waals surface area contributed by atoms with Crippen LogP contribution in [0.15, 0.2) is 54.9 Å². The van der Waals surface area contributed by atoms with Gasteiger partial charge in [0, 0.05) is 19.6 Å². The van der Waals surface area contributed by atoms with E-state index in [0.29, 0.717) is 30.8 Å². The van der Waals surface area contributed by atoms with Gasteiger partial charge in [-0.15, -0.1) is 5.10 Å². The van der Waals surface area contributed by atoms with Gasteiger partial charge in [-0.1, -0.05) is 24.3 Å². The third kappa shape index (κ3) is 5.48. The first kappa shape index (κ1) is 22.7. The lowest BCUT2D eigenvalue weighted by molar-refractivity contribution is -0.137. The van der Waals surface area contributed by atoms with Crippen molar-refractivity contribution >= 4 is 5.91 Å². The van der Waals surface area contributed by atoms with Crippen LogP contribution in [0.3, 0.4) is 0 Å². The van der Waals surface area contributed by atoms with Crippen molar-refractivity contribution in [2.45, 2.75) is 37.8 Å². The molecule has 4 rings (SSSR count). The van der Waals surface area contributed by atoms with E-state index in [-0.39, 0.29) is 18.5 Å². The standard InChI is InChI=1S/C22H23F3N6O2/c1-33-19-7-3-5-16(9-19)12-30-13-18(31-14-27-28-29-31)10-20(30)21(32)26-11-15-4-2-6-17(8-15)22(23,24)25/h2-9,14,18,20H,10-13H2,1H3,(H,26,32)/t18-,20+/m1/s1. The zero-order chi connectivity index (χ0) is 23.4. The number of aromatic nitrogens is 4. The Labute approximate surface area is 188 Å². The molecular weight excluding hydrogens is 437 g/mol. The summed E-state index contributed by atoms with van der Waals surface area (Å²) >= 11 is 0. The molecule has 1 aliphatic heterocycles. The number of halogens is 3. The number of nitrogens with zero attached hydrogens (tertiary/aromatic N) is 5. The molecule has 1 saturated heterocycles. The number of amides is 1. The van der Waals surface area contributed by atoms with Crippen molar-refractivity contribution in [1.82, 2.24) is 30.4 Å². The minimum atomic E-state index is -4.43. The average Bonchev–Trinajstić information content (AvgIpc) is 3.47. The molecule has 33 heavy (non-hydrogen) atoms. The summed E-state index contributed by atoms with van der Waals surface area (Å²) in [6, 6.07) is 11.9. The van der Waals surface area contributed by atoms with Crippen LogP contribution in [0.1, 0.15) is 29.2 Å². The third-order valence-corrected chi connectivity index (χ3v) is 5.66. The predicted molar refractivity (Wildman–Crippen MR) is 112 cm³/mol. The van der Waals surface area contributed by atoms with Crippen LogP contribution in [0.4, 0.5) is 13.2 Å². The predicted octanol–water partition coefficient (Wildman–Crippen LogP) is 2.83. The lowest BCUT2D eigenvalue weighted by atomic mass is 10.1. The second kappa shape index (κ2) is 9.57. The van der Waals surface area contributed by atoms with E-state index in [1.54, 1.807) is 17.9 Å². The molecule has 11 heteroatoms. The number of ether oxygens (including phenoxy) is 1. The van der Waals surface area contributed by atoms with Gasteiger partial charge in [0.15, 0.2) is 0 Å². The smallest absolute Gasteiger partial charge is 0.416 e. The summed E-state index contributed by atoms with van der Waals surface area (Å²) in [4.78, 5) is 15.1. The largest absolute Gasteiger partial charge is 0.497 e. The van der Waals surface area contributed by atoms with Gasteiger partial charge in [-0.2, -0.15) is 13.2 Å². The molecule has 0 bridgehead atoms. The van der Waals surface area contributed by atoms with Gasteiger partial charge in [0.1, 0.15) is 12.1 Å². The second-order valence-electron chi connectivity index (χ2n) is 7.89. The quantitative estimate of drug-likeness (QED) is 0.584. The van der Waals surface area contributed by atoms with Gasteiger partial charge in [0.25, 0.3) is 0 Å². The summed E-state index contributed by atoms with van der Waals surface area (Å²) in [5.74, 6) is 0.458. The summed E-state index contributed by atoms with van der Waals surface area (Å²) in [7, 11) is 1.59. The molecule has 3 aromatic rings. The highest BCUT2D eigenvalue weighted by molar-refractivity contribution is 5.82. The summed E-state index contributed by atoms with van der Waals surface area (Å²) in [6.45, 7) is 1.04. The van der Waals surface area contributed by atoms with Crippen molar-refractivity contribution < 1.29 is 22.7 Å². The van der Waals surface area contributed by atoms with Crippen LogP contribution >= 0.6 is 0 Å². The SMILES string of the molecule is COc1cccc(CN2C[C@H](n3cnnn3)C[C@H]2C(=O)NCc2cccc(C(F)(F)F)c2)c1. The number of rotatable bonds is 7. The summed E-state index contributed by atoms with van der Waals surface area (Å²) in [5, 5.41) is 14.1. The van der Waals surface area contributed by atoms with E-state index >= 15 is 0 Å². The Morgan fingerprint density at radius 1 is 1.18 bits per heavy atom. The monoisotopic (exact) mass is 460 g/mol. The maximum absolute atomic E-state index is 13.1. The number of benzene rings is 2. The molecule has 1 aliphatic rings. The van der Waals surface area contributed by atoms with Gasteiger partial charge in [-0.3, -0.25) is 9.69 Å². The minimum absolute atomic E-state index is 0.00179. The Morgan fingerprint density at radius 2 is 1.97 bits per heavy atom. The molecule has 0 radical (unpaired) electrons. The Bertz CT molecular complexity index is 1090. The van der Waals surface area contributed by atoms with Crippen LogP contribution in [0.2, 0.25) is 0 Å². The number of alkyl halides is 3. The molecular formula is C22H23F3N6O2. The van der Waals surface area contributed by atoms with Crippen LogP contribution in [0.5, 0.6) is 5.75 Å². The van der Waals surface area contributed by atoms with Gasteiger partial charge in [-0.05, 0) is 52.2 Å². The van der Waals surface area contributed by atoms with Gasteiger partial charge < -0.3 is 10.1 Å². The Kier molecular flexibility index (Phi) is 6.59. The molecule has 0 saturated carbocycles. The molecule has 0 spiro atoms. The fourth-order valence-corrected chi connectivity index (χ4v) is 4.02. The van der Waals surface area contributed by atoms with Gasteiger partial charge in [0.2, 0.25) is 5.91 Å². The Balaban J connectivity index is 1.48. The number of carbonyl (C=O) groups excluding carboxylic acids is 1. The van der Waals surface area contributed by atoms with E-state index in [4.69, 9.17) is 4.74 Å². The molecule has 2 aromatic carbocycles. The average molecular weight is 460 g/mol. The van der Waals surface area contributed by atoms with E-state index in [9.17, 15) is 18.0 Å². The van der Waals surface area contributed by atoms with Crippen molar-refractivity contribution in [2.24, 2.45) is 0 Å². The Hall–Kier alpha value is -3.47. The molecule has 2 heterocycles. The lowest BCUT2D eigenvalue weighted by Gasteiger charge is -2.23. The zero-order valence-corrected chi connectivity index (χ0v) is 17.9. The number of carbonyl (C=O) groups is 1. The molecule has 0 unspecified atom stereocenters. The van der Waals surface area contributed by atoms with E-state index in [2.05, 4.69) is 20.8 Å². The van der Waals surface area contributed by atoms with Crippen LogP contribution in [0.25, 0.3) is 0 Å². The normalized spacial score (nSPS) is 18.9. The number of methoxy groups -OCH3 is 1. The second-order valence-corrected chi connectivity index (χ2v) is 7.89. The van der Waals surface area contributed by atoms with Crippen molar-refractivity contribution in [2.75, 3.05) is 13.7 Å². The van der Waals surface area contributed by atoms with Crippen molar-refractivity contribution in [3.05, 3.63) is 71.5 Å². The molecule has 1 aromatic heterocycles. The molecule has 1 fully saturated rings. The minimum Gasteiger partial charge on any atom is -0.497 e. The van der Waals surface area contributed by atoms with Gasteiger partial charge in [0.05, 0.1) is 24.8 Å². The summed E-state index contributed by atoms with van der Waals surface area (Å²) in [5.41, 5.74) is 0.614. The van der Waals surface area contributed by atoms with E-state index in [1.807, 2.05) is 29.2 Å². The highest BCUT2D eigenvalue weighted by Gasteiger charge is 2.38. The highest BCUT2D eigenvalue weighted by atomic mass is 19.4. The third-order valence-electron chi connectivity index (χ3n) is 5.66. The van der Waals surface area contributed by atoms with Gasteiger partial charge >= 0.3 is 6.18 Å². The maximum atomic E-state index is 13.1. The fourth-order valence-electron chi connectivity index (χ4n) is 4.02. The fraction of sp³-hybridized carbons (Fsp3) is 0.364. The lowest BCUT2D eigenvalue weighted by Crippen LogP contribution is -2.42. The zero-order valence-electron chi connectivity index (χ0n) is 17.9. The maximum Gasteiger partial charge on any atom is 0.416 e. The first-order valence-corrected chi connectivity index (χ1v) is 10.4. The number of nitrogens with one attached hydrogen (secondary N) is 1. The van der Waals surface area contributed by atoms with Crippen molar-refractivity contribution in [3.63, 3.8) is 0 Å². The van der Waals surface area contributed by atoms with Crippen molar-refractivity contribution in [3.8, 4) is 5.75 Å². The number of likely N-dealkylation sites (tertiary alicyclic amines) is 1. The Morgan fingerprint density at radius 3 is 2.70 bits per heavy atom. The highest BCUT2D eigenvalue weighted by Crippen LogP contribution is 2.30. The van der Waals surface area contributed by atoms with E-state index in [1.165, 1.54) is 12.4 Å².